The number of anilines is 4. The molecule has 12 heteroatoms. The van der Waals surface area contributed by atoms with Gasteiger partial charge in [-0.1, -0.05) is 0 Å². The van der Waals surface area contributed by atoms with E-state index < -0.39 is 22.6 Å². The SMILES string of the molecule is CC(C)(O)c1ncc(-c2cnc(C(C)(C)OC(C)(O)c3nc(-c4ccc(N)c(C(C)(C)O)n4)ccc3N)c(N)c2)cc1N. The van der Waals surface area contributed by atoms with Gasteiger partial charge < -0.3 is 43.0 Å². The fraction of sp³-hybridized carbons (Fsp3) is 0.355. The molecule has 0 bridgehead atoms. The van der Waals surface area contributed by atoms with Crippen LogP contribution in [0.25, 0.3) is 22.5 Å². The number of nitrogens with zero attached hydrogens (tertiary/aromatic N) is 4. The number of aromatic nitrogens is 4. The van der Waals surface area contributed by atoms with E-state index in [2.05, 4.69) is 19.9 Å². The van der Waals surface area contributed by atoms with Crippen LogP contribution >= 0.6 is 0 Å². The van der Waals surface area contributed by atoms with Crippen LogP contribution in [-0.4, -0.2) is 35.3 Å². The number of ether oxygens (including phenoxy) is 1. The molecule has 1 unspecified atom stereocenters. The number of pyridine rings is 4. The van der Waals surface area contributed by atoms with E-state index in [-0.39, 0.29) is 11.4 Å². The van der Waals surface area contributed by atoms with Crippen LogP contribution in [0, 0.1) is 0 Å². The lowest BCUT2D eigenvalue weighted by molar-refractivity contribution is -0.262. The summed E-state index contributed by atoms with van der Waals surface area (Å²) in [6.07, 6.45) is 3.19. The van der Waals surface area contributed by atoms with Crippen molar-refractivity contribution in [1.82, 2.24) is 19.9 Å². The molecule has 0 saturated heterocycles. The van der Waals surface area contributed by atoms with Crippen molar-refractivity contribution in [2.75, 3.05) is 22.9 Å². The summed E-state index contributed by atoms with van der Waals surface area (Å²) in [6.45, 7) is 11.3. The van der Waals surface area contributed by atoms with E-state index in [9.17, 15) is 15.3 Å². The maximum absolute atomic E-state index is 11.6. The summed E-state index contributed by atoms with van der Waals surface area (Å²) in [7, 11) is 0. The van der Waals surface area contributed by atoms with Crippen LogP contribution in [0.15, 0.2) is 48.8 Å². The minimum Gasteiger partial charge on any atom is -0.397 e. The highest BCUT2D eigenvalue weighted by Crippen LogP contribution is 2.39. The summed E-state index contributed by atoms with van der Waals surface area (Å²) in [5, 5.41) is 32.3. The Morgan fingerprint density at radius 2 is 0.977 bits per heavy atom. The topological polar surface area (TPSA) is 226 Å². The van der Waals surface area contributed by atoms with Gasteiger partial charge in [0.25, 0.3) is 0 Å². The van der Waals surface area contributed by atoms with Crippen LogP contribution in [0.4, 0.5) is 22.7 Å². The minimum absolute atomic E-state index is 0.0603. The van der Waals surface area contributed by atoms with E-state index in [0.29, 0.717) is 56.7 Å². The number of nitrogen functional groups attached to an aromatic ring is 4. The Hall–Kier alpha value is -4.36. The lowest BCUT2D eigenvalue weighted by atomic mass is 9.97. The lowest BCUT2D eigenvalue weighted by Gasteiger charge is -2.35. The molecule has 0 aliphatic carbocycles. The van der Waals surface area contributed by atoms with Crippen LogP contribution in [0.5, 0.6) is 0 Å². The maximum atomic E-state index is 11.6. The fourth-order valence-corrected chi connectivity index (χ4v) is 4.97. The largest absolute Gasteiger partial charge is 0.397 e. The second-order valence-electron chi connectivity index (χ2n) is 12.3. The summed E-state index contributed by atoms with van der Waals surface area (Å²) in [5.74, 6) is -1.98. The first-order valence-electron chi connectivity index (χ1n) is 13.6. The van der Waals surface area contributed by atoms with Gasteiger partial charge in [0, 0.05) is 23.5 Å². The average Bonchev–Trinajstić information content (AvgIpc) is 2.87. The van der Waals surface area contributed by atoms with E-state index >= 15 is 0 Å². The smallest absolute Gasteiger partial charge is 0.209 e. The zero-order valence-electron chi connectivity index (χ0n) is 25.5. The first-order chi connectivity index (χ1) is 19.7. The summed E-state index contributed by atoms with van der Waals surface area (Å²) < 4.78 is 6.19. The van der Waals surface area contributed by atoms with Gasteiger partial charge in [-0.25, -0.2) is 9.97 Å². The van der Waals surface area contributed by atoms with Gasteiger partial charge in [0.2, 0.25) is 5.79 Å². The molecule has 0 fully saturated rings. The zero-order valence-corrected chi connectivity index (χ0v) is 25.5. The van der Waals surface area contributed by atoms with Gasteiger partial charge in [-0.2, -0.15) is 0 Å². The Morgan fingerprint density at radius 1 is 0.558 bits per heavy atom. The fourth-order valence-electron chi connectivity index (χ4n) is 4.97. The predicted octanol–water partition coefficient (Wildman–Crippen LogP) is 3.50. The molecule has 1 atom stereocenters. The molecule has 4 aromatic rings. The van der Waals surface area contributed by atoms with Crippen molar-refractivity contribution >= 4 is 22.7 Å². The van der Waals surface area contributed by atoms with Gasteiger partial charge in [0.1, 0.15) is 22.5 Å². The number of hydrogen-bond acceptors (Lipinski definition) is 12. The number of rotatable bonds is 8. The maximum Gasteiger partial charge on any atom is 0.209 e. The second kappa shape index (κ2) is 10.7. The highest BCUT2D eigenvalue weighted by molar-refractivity contribution is 5.70. The van der Waals surface area contributed by atoms with Crippen molar-refractivity contribution in [2.45, 2.75) is 71.1 Å². The molecule has 0 spiro atoms. The van der Waals surface area contributed by atoms with Crippen LogP contribution in [0.2, 0.25) is 0 Å². The summed E-state index contributed by atoms with van der Waals surface area (Å²) in [6, 6.07) is 9.96. The normalized spacial score (nSPS) is 14.0. The molecule has 43 heavy (non-hydrogen) atoms. The highest BCUT2D eigenvalue weighted by Gasteiger charge is 2.39. The summed E-state index contributed by atoms with van der Waals surface area (Å²) in [4.78, 5) is 18.0. The Labute approximate surface area is 250 Å². The van der Waals surface area contributed by atoms with Crippen LogP contribution in [-0.2, 0) is 27.3 Å². The second-order valence-corrected chi connectivity index (χ2v) is 12.3. The van der Waals surface area contributed by atoms with E-state index in [1.54, 1.807) is 90.3 Å². The Kier molecular flexibility index (Phi) is 7.88. The standard InChI is InChI=1S/C31H40N8O4/c1-28(2,40)24-20(34)12-16(14-36-24)17-13-21(35)26(37-15-17)30(5,6)43-31(7,42)27-19(33)9-11-23(39-27)22-10-8-18(32)25(38-22)29(3,4)41/h8-15,40-42H,32-35H2,1-7H3. The monoisotopic (exact) mass is 588 g/mol. The Morgan fingerprint density at radius 3 is 1.42 bits per heavy atom. The average molecular weight is 589 g/mol. The Bertz CT molecular complexity index is 1670. The third kappa shape index (κ3) is 6.52. The van der Waals surface area contributed by atoms with Crippen molar-refractivity contribution in [3.63, 3.8) is 0 Å². The van der Waals surface area contributed by atoms with Crippen molar-refractivity contribution in [2.24, 2.45) is 0 Å². The van der Waals surface area contributed by atoms with Crippen LogP contribution < -0.4 is 22.9 Å². The van der Waals surface area contributed by atoms with Crippen molar-refractivity contribution in [1.29, 1.82) is 0 Å². The van der Waals surface area contributed by atoms with Crippen LogP contribution in [0.3, 0.4) is 0 Å². The van der Waals surface area contributed by atoms with Crippen molar-refractivity contribution in [3.8, 4) is 22.5 Å². The first kappa shape index (κ1) is 31.6. The number of aliphatic hydroxyl groups is 3. The van der Waals surface area contributed by atoms with E-state index in [4.69, 9.17) is 27.7 Å². The first-order valence-corrected chi connectivity index (χ1v) is 13.6. The molecule has 0 aliphatic heterocycles. The minimum atomic E-state index is -1.98. The van der Waals surface area contributed by atoms with Crippen molar-refractivity contribution in [3.05, 3.63) is 71.6 Å². The zero-order chi connectivity index (χ0) is 32.1. The third-order valence-corrected chi connectivity index (χ3v) is 6.91. The molecular formula is C31H40N8O4. The number of nitrogens with two attached hydrogens (primary N) is 4. The van der Waals surface area contributed by atoms with Gasteiger partial charge in [-0.3, -0.25) is 9.97 Å². The van der Waals surface area contributed by atoms with Gasteiger partial charge in [-0.05, 0) is 84.9 Å². The van der Waals surface area contributed by atoms with Gasteiger partial charge in [-0.15, -0.1) is 0 Å². The highest BCUT2D eigenvalue weighted by atomic mass is 16.6. The molecule has 0 amide bonds. The van der Waals surface area contributed by atoms with Crippen molar-refractivity contribution < 1.29 is 20.1 Å². The molecule has 4 aromatic heterocycles. The van der Waals surface area contributed by atoms with Gasteiger partial charge >= 0.3 is 0 Å². The molecule has 4 heterocycles. The molecule has 0 saturated carbocycles. The molecule has 228 valence electrons. The Balaban J connectivity index is 1.65. The lowest BCUT2D eigenvalue weighted by Crippen LogP contribution is -2.37. The molecular weight excluding hydrogens is 548 g/mol. The molecule has 0 aromatic carbocycles. The molecule has 12 nitrogen and oxygen atoms in total. The van der Waals surface area contributed by atoms with Crippen LogP contribution in [0.1, 0.15) is 71.2 Å². The molecule has 11 N–H and O–H groups in total. The quantitative estimate of drug-likeness (QED) is 0.147. The third-order valence-electron chi connectivity index (χ3n) is 6.91. The van der Waals surface area contributed by atoms with E-state index in [0.717, 1.165) is 0 Å². The molecule has 0 aliphatic rings. The van der Waals surface area contributed by atoms with Gasteiger partial charge in [0.05, 0.1) is 51.2 Å². The van der Waals surface area contributed by atoms with E-state index in [1.165, 1.54) is 6.92 Å². The van der Waals surface area contributed by atoms with Gasteiger partial charge in [0.15, 0.2) is 0 Å². The molecule has 4 rings (SSSR count). The molecule has 0 radical (unpaired) electrons. The summed E-state index contributed by atoms with van der Waals surface area (Å²) in [5.41, 5.74) is 25.6. The number of hydrogen-bond donors (Lipinski definition) is 7. The summed E-state index contributed by atoms with van der Waals surface area (Å²) >= 11 is 0. The van der Waals surface area contributed by atoms with E-state index in [1.807, 2.05) is 0 Å². The predicted molar refractivity (Wildman–Crippen MR) is 167 cm³/mol.